The van der Waals surface area contributed by atoms with Gasteiger partial charge in [0.15, 0.2) is 5.82 Å². The molecule has 2 heterocycles. The number of nitrogens with two attached hydrogens (primary N) is 1. The maximum Gasteiger partial charge on any atom is 0.341 e. The van der Waals surface area contributed by atoms with Crippen LogP contribution in [0.15, 0.2) is 11.0 Å². The zero-order valence-corrected chi connectivity index (χ0v) is 17.5. The Balaban J connectivity index is 1.70. The lowest BCUT2D eigenvalue weighted by Crippen LogP contribution is -2.38. The lowest BCUT2D eigenvalue weighted by molar-refractivity contribution is 0.0694. The second-order valence-corrected chi connectivity index (χ2v) is 9.17. The third-order valence-corrected chi connectivity index (χ3v) is 7.50. The van der Waals surface area contributed by atoms with Crippen molar-refractivity contribution in [1.82, 2.24) is 9.88 Å². The largest absolute Gasteiger partial charge is 0.477 e. The van der Waals surface area contributed by atoms with Gasteiger partial charge in [0.05, 0.1) is 28.3 Å². The molecule has 3 fully saturated rings. The molecule has 2 saturated carbocycles. The minimum atomic E-state index is -1.44. The van der Waals surface area contributed by atoms with Gasteiger partial charge in [0.25, 0.3) is 0 Å². The Morgan fingerprint density at radius 3 is 2.61 bits per heavy atom. The quantitative estimate of drug-likeness (QED) is 0.628. The van der Waals surface area contributed by atoms with Crippen molar-refractivity contribution in [3.8, 4) is 0 Å². The molecule has 0 amide bonds. The van der Waals surface area contributed by atoms with Gasteiger partial charge in [-0.3, -0.25) is 4.79 Å². The van der Waals surface area contributed by atoms with E-state index in [1.54, 1.807) is 6.92 Å². The molecule has 2 aliphatic carbocycles. The van der Waals surface area contributed by atoms with Gasteiger partial charge in [-0.2, -0.15) is 0 Å². The molecule has 1 saturated heterocycles. The maximum atomic E-state index is 15.6. The van der Waals surface area contributed by atoms with Crippen molar-refractivity contribution in [2.75, 3.05) is 30.8 Å². The first-order valence-corrected chi connectivity index (χ1v) is 10.7. The Hall–Kier alpha value is -2.68. The van der Waals surface area contributed by atoms with E-state index in [0.717, 1.165) is 19.3 Å². The number of aryl methyl sites for hydroxylation is 1. The van der Waals surface area contributed by atoms with Crippen LogP contribution < -0.4 is 21.4 Å². The lowest BCUT2D eigenvalue weighted by Gasteiger charge is -2.27. The number of aromatic carboxylic acids is 1. The number of nitrogens with zero attached hydrogens (tertiary/aromatic N) is 2. The highest BCUT2D eigenvalue weighted by Gasteiger charge is 2.50. The van der Waals surface area contributed by atoms with Gasteiger partial charge in [0.2, 0.25) is 5.43 Å². The number of halogens is 2. The van der Waals surface area contributed by atoms with E-state index in [9.17, 15) is 19.1 Å². The topological polar surface area (TPSA) is 101 Å². The van der Waals surface area contributed by atoms with Crippen molar-refractivity contribution in [2.45, 2.75) is 50.4 Å². The predicted octanol–water partition coefficient (Wildman–Crippen LogP) is 2.59. The van der Waals surface area contributed by atoms with Crippen molar-refractivity contribution >= 4 is 28.2 Å². The van der Waals surface area contributed by atoms with E-state index in [1.807, 2.05) is 11.9 Å². The SMILES string of the molecule is CNC1(C2CCN(c3c(F)c(N)c4c(=O)c(C(=O)O)cn(C5CC5F)c4c3C)C2)CC1. The van der Waals surface area contributed by atoms with Gasteiger partial charge in [-0.25, -0.2) is 13.6 Å². The minimum Gasteiger partial charge on any atom is -0.477 e. The summed E-state index contributed by atoms with van der Waals surface area (Å²) < 4.78 is 31.0. The van der Waals surface area contributed by atoms with Crippen LogP contribution in [0.1, 0.15) is 47.6 Å². The number of alkyl halides is 1. The third-order valence-electron chi connectivity index (χ3n) is 7.50. The summed E-state index contributed by atoms with van der Waals surface area (Å²) in [5, 5.41) is 12.7. The number of rotatable bonds is 5. The summed E-state index contributed by atoms with van der Waals surface area (Å²) in [6, 6.07) is -0.581. The molecular formula is C22H26F2N4O3. The molecule has 5 rings (SSSR count). The summed E-state index contributed by atoms with van der Waals surface area (Å²) in [6.07, 6.45) is 3.37. The van der Waals surface area contributed by atoms with Crippen molar-refractivity contribution in [2.24, 2.45) is 5.92 Å². The number of aromatic nitrogens is 1. The molecule has 1 aromatic heterocycles. The van der Waals surface area contributed by atoms with E-state index in [-0.39, 0.29) is 23.0 Å². The molecule has 1 aromatic carbocycles. The zero-order chi connectivity index (χ0) is 22.2. The number of benzene rings is 1. The van der Waals surface area contributed by atoms with E-state index < -0.39 is 35.0 Å². The molecule has 3 unspecified atom stereocenters. The van der Waals surface area contributed by atoms with Gasteiger partial charge >= 0.3 is 5.97 Å². The summed E-state index contributed by atoms with van der Waals surface area (Å²) in [6.45, 7) is 3.02. The zero-order valence-electron chi connectivity index (χ0n) is 17.5. The van der Waals surface area contributed by atoms with Gasteiger partial charge in [-0.1, -0.05) is 0 Å². The van der Waals surface area contributed by atoms with E-state index in [1.165, 1.54) is 10.8 Å². The first kappa shape index (κ1) is 20.2. The molecule has 4 N–H and O–H groups in total. The molecule has 1 aliphatic heterocycles. The highest BCUT2D eigenvalue weighted by Crippen LogP contribution is 2.48. The highest BCUT2D eigenvalue weighted by molar-refractivity contribution is 6.01. The van der Waals surface area contributed by atoms with Crippen LogP contribution in [-0.4, -0.2) is 47.5 Å². The van der Waals surface area contributed by atoms with E-state index in [4.69, 9.17) is 5.73 Å². The fraction of sp³-hybridized carbons (Fsp3) is 0.545. The fourth-order valence-corrected chi connectivity index (χ4v) is 5.42. The number of hydrogen-bond acceptors (Lipinski definition) is 5. The van der Waals surface area contributed by atoms with Crippen LogP contribution in [0.5, 0.6) is 0 Å². The van der Waals surface area contributed by atoms with Gasteiger partial charge in [-0.15, -0.1) is 0 Å². The van der Waals surface area contributed by atoms with Crippen molar-refractivity contribution in [3.05, 3.63) is 33.4 Å². The second-order valence-electron chi connectivity index (χ2n) is 9.17. The molecule has 3 atom stereocenters. The van der Waals surface area contributed by atoms with Gasteiger partial charge < -0.3 is 25.6 Å². The fourth-order valence-electron chi connectivity index (χ4n) is 5.42. The van der Waals surface area contributed by atoms with Crippen molar-refractivity contribution < 1.29 is 18.7 Å². The molecule has 0 spiro atoms. The molecular weight excluding hydrogens is 406 g/mol. The van der Waals surface area contributed by atoms with E-state index >= 15 is 4.39 Å². The minimum absolute atomic E-state index is 0.107. The molecule has 7 nitrogen and oxygen atoms in total. The average molecular weight is 432 g/mol. The van der Waals surface area contributed by atoms with Crippen LogP contribution >= 0.6 is 0 Å². The molecule has 166 valence electrons. The Morgan fingerprint density at radius 1 is 1.39 bits per heavy atom. The lowest BCUT2D eigenvalue weighted by atomic mass is 9.96. The molecule has 2 aromatic rings. The Bertz CT molecular complexity index is 1170. The van der Waals surface area contributed by atoms with Gasteiger partial charge in [0, 0.05) is 31.2 Å². The number of hydrogen-bond donors (Lipinski definition) is 3. The van der Waals surface area contributed by atoms with Crippen LogP contribution in [-0.2, 0) is 0 Å². The van der Waals surface area contributed by atoms with Crippen LogP contribution in [0.4, 0.5) is 20.2 Å². The normalized spacial score (nSPS) is 26.5. The summed E-state index contributed by atoms with van der Waals surface area (Å²) >= 11 is 0. The molecule has 0 bridgehead atoms. The average Bonchev–Trinajstić information content (AvgIpc) is 3.63. The number of carboxylic acids is 1. The number of pyridine rings is 1. The standard InChI is InChI=1S/C22H26F2N4O3/c1-10-18-15(20(29)12(21(30)31)9-28(18)14-7-13(14)23)17(25)16(24)19(10)27-6-3-11(8-27)22(26-2)4-5-22/h9,11,13-14,26H,3-8,25H2,1-2H3,(H,30,31). The Morgan fingerprint density at radius 2 is 2.06 bits per heavy atom. The van der Waals surface area contributed by atoms with Crippen molar-refractivity contribution in [1.29, 1.82) is 0 Å². The first-order chi connectivity index (χ1) is 14.7. The van der Waals surface area contributed by atoms with Gasteiger partial charge in [-0.05, 0) is 44.7 Å². The Kier molecular flexibility index (Phi) is 4.35. The van der Waals surface area contributed by atoms with E-state index in [0.29, 0.717) is 35.8 Å². The van der Waals surface area contributed by atoms with Crippen LogP contribution in [0.2, 0.25) is 0 Å². The smallest absolute Gasteiger partial charge is 0.341 e. The number of nitrogens with one attached hydrogen (secondary N) is 1. The number of carbonyl (C=O) groups is 1. The molecule has 31 heavy (non-hydrogen) atoms. The first-order valence-electron chi connectivity index (χ1n) is 10.7. The monoisotopic (exact) mass is 432 g/mol. The van der Waals surface area contributed by atoms with E-state index in [2.05, 4.69) is 5.32 Å². The summed E-state index contributed by atoms with van der Waals surface area (Å²) in [7, 11) is 1.96. The third kappa shape index (κ3) is 2.86. The highest BCUT2D eigenvalue weighted by atomic mass is 19.1. The van der Waals surface area contributed by atoms with Gasteiger partial charge in [0.1, 0.15) is 11.7 Å². The van der Waals surface area contributed by atoms with Crippen LogP contribution in [0, 0.1) is 18.7 Å². The van der Waals surface area contributed by atoms with Crippen LogP contribution in [0.3, 0.4) is 0 Å². The summed E-state index contributed by atoms with van der Waals surface area (Å²) in [5.74, 6) is -1.77. The summed E-state index contributed by atoms with van der Waals surface area (Å²) in [4.78, 5) is 26.4. The molecule has 9 heteroatoms. The summed E-state index contributed by atoms with van der Waals surface area (Å²) in [5.41, 5.74) is 5.60. The van der Waals surface area contributed by atoms with Crippen molar-refractivity contribution in [3.63, 3.8) is 0 Å². The molecule has 3 aliphatic rings. The Labute approximate surface area is 177 Å². The van der Waals surface area contributed by atoms with Crippen LogP contribution in [0.25, 0.3) is 10.9 Å². The number of anilines is 2. The number of nitrogen functional groups attached to an aromatic ring is 1. The molecule has 0 radical (unpaired) electrons. The number of carboxylic acid groups (broad SMARTS) is 1. The second kappa shape index (κ2) is 6.66. The number of fused-ring (bicyclic) bond motifs is 1. The maximum absolute atomic E-state index is 15.6. The predicted molar refractivity (Wildman–Crippen MR) is 114 cm³/mol.